The standard InChI is InChI=1S/C16H19N3O4S/c20-14-7-6-13(16(23)17-8-9-24-11-15(21)22)18-19(14)10-12-4-2-1-3-5-12/h1-5H,6-11H2,(H,17,23)(H,21,22). The Morgan fingerprint density at radius 1 is 1.25 bits per heavy atom. The minimum atomic E-state index is -0.877. The van der Waals surface area contributed by atoms with Gasteiger partial charge in [0, 0.05) is 25.1 Å². The SMILES string of the molecule is O=C(O)CSCCNC(=O)C1=NN(Cc2ccccc2)C(=O)CC1. The maximum atomic E-state index is 12.1. The predicted octanol–water partition coefficient (Wildman–Crippen LogP) is 1.10. The summed E-state index contributed by atoms with van der Waals surface area (Å²) in [5.74, 6) is -0.768. The topological polar surface area (TPSA) is 99.1 Å². The molecule has 0 aliphatic carbocycles. The molecule has 1 aromatic rings. The fourth-order valence-corrected chi connectivity index (χ4v) is 2.71. The summed E-state index contributed by atoms with van der Waals surface area (Å²) in [7, 11) is 0. The molecule has 0 saturated carbocycles. The Morgan fingerprint density at radius 3 is 2.71 bits per heavy atom. The second kappa shape index (κ2) is 9.07. The second-order valence-corrected chi connectivity index (χ2v) is 6.29. The molecule has 128 valence electrons. The van der Waals surface area contributed by atoms with Crippen LogP contribution in [0.2, 0.25) is 0 Å². The molecule has 7 nitrogen and oxygen atoms in total. The zero-order valence-electron chi connectivity index (χ0n) is 13.1. The number of nitrogens with one attached hydrogen (secondary N) is 1. The normalized spacial score (nSPS) is 14.2. The van der Waals surface area contributed by atoms with Gasteiger partial charge in [0.2, 0.25) is 5.91 Å². The van der Waals surface area contributed by atoms with Crippen molar-refractivity contribution < 1.29 is 19.5 Å². The average Bonchev–Trinajstić information content (AvgIpc) is 2.57. The van der Waals surface area contributed by atoms with Crippen LogP contribution in [0.1, 0.15) is 18.4 Å². The Bertz CT molecular complexity index is 633. The first-order chi connectivity index (χ1) is 11.6. The molecule has 1 aliphatic rings. The molecule has 1 aliphatic heterocycles. The number of rotatable bonds is 8. The minimum absolute atomic E-state index is 0.0101. The van der Waals surface area contributed by atoms with Crippen molar-refractivity contribution in [3.05, 3.63) is 35.9 Å². The van der Waals surface area contributed by atoms with Crippen molar-refractivity contribution in [3.63, 3.8) is 0 Å². The molecule has 0 radical (unpaired) electrons. The quantitative estimate of drug-likeness (QED) is 0.685. The fraction of sp³-hybridized carbons (Fsp3) is 0.375. The minimum Gasteiger partial charge on any atom is -0.481 e. The van der Waals surface area contributed by atoms with Crippen molar-refractivity contribution in [1.29, 1.82) is 0 Å². The lowest BCUT2D eigenvalue weighted by atomic mass is 10.1. The second-order valence-electron chi connectivity index (χ2n) is 5.19. The van der Waals surface area contributed by atoms with E-state index < -0.39 is 5.97 Å². The van der Waals surface area contributed by atoms with E-state index >= 15 is 0 Å². The summed E-state index contributed by atoms with van der Waals surface area (Å²) in [4.78, 5) is 34.4. The van der Waals surface area contributed by atoms with Gasteiger partial charge in [-0.15, -0.1) is 11.8 Å². The van der Waals surface area contributed by atoms with E-state index in [0.717, 1.165) is 5.56 Å². The molecule has 24 heavy (non-hydrogen) atoms. The van der Waals surface area contributed by atoms with Crippen LogP contribution in [0.15, 0.2) is 35.4 Å². The van der Waals surface area contributed by atoms with E-state index in [1.54, 1.807) is 0 Å². The first-order valence-corrected chi connectivity index (χ1v) is 8.71. The van der Waals surface area contributed by atoms with E-state index in [9.17, 15) is 14.4 Å². The van der Waals surface area contributed by atoms with Gasteiger partial charge in [-0.1, -0.05) is 30.3 Å². The molecular formula is C16H19N3O4S. The predicted molar refractivity (Wildman–Crippen MR) is 91.6 cm³/mol. The van der Waals surface area contributed by atoms with E-state index in [-0.39, 0.29) is 24.0 Å². The molecule has 0 fully saturated rings. The van der Waals surface area contributed by atoms with Gasteiger partial charge < -0.3 is 10.4 Å². The maximum Gasteiger partial charge on any atom is 0.313 e. The molecule has 1 aromatic carbocycles. The third-order valence-electron chi connectivity index (χ3n) is 3.30. The number of nitrogens with zero attached hydrogens (tertiary/aromatic N) is 2. The summed E-state index contributed by atoms with van der Waals surface area (Å²) in [6, 6.07) is 9.46. The number of carbonyl (C=O) groups excluding carboxylic acids is 2. The number of thioether (sulfide) groups is 1. The Labute approximate surface area is 144 Å². The Morgan fingerprint density at radius 2 is 2.00 bits per heavy atom. The highest BCUT2D eigenvalue weighted by atomic mass is 32.2. The van der Waals surface area contributed by atoms with Gasteiger partial charge in [-0.2, -0.15) is 5.10 Å². The summed E-state index contributed by atoms with van der Waals surface area (Å²) < 4.78 is 0. The first kappa shape index (κ1) is 18.0. The average molecular weight is 349 g/mol. The van der Waals surface area contributed by atoms with E-state index in [4.69, 9.17) is 5.11 Å². The zero-order chi connectivity index (χ0) is 17.4. The van der Waals surface area contributed by atoms with E-state index in [2.05, 4.69) is 10.4 Å². The number of amides is 2. The summed E-state index contributed by atoms with van der Waals surface area (Å²) in [5.41, 5.74) is 1.27. The van der Waals surface area contributed by atoms with Crippen molar-refractivity contribution >= 4 is 35.3 Å². The molecule has 0 aromatic heterocycles. The number of hydrogen-bond acceptors (Lipinski definition) is 5. The molecule has 0 atom stereocenters. The molecule has 0 bridgehead atoms. The summed E-state index contributed by atoms with van der Waals surface area (Å²) in [5, 5.41) is 16.7. The molecule has 0 saturated heterocycles. The van der Waals surface area contributed by atoms with Crippen molar-refractivity contribution in [2.45, 2.75) is 19.4 Å². The molecule has 2 rings (SSSR count). The van der Waals surface area contributed by atoms with Crippen molar-refractivity contribution in [2.75, 3.05) is 18.1 Å². The lowest BCUT2D eigenvalue weighted by Gasteiger charge is -2.23. The van der Waals surface area contributed by atoms with E-state index in [1.807, 2.05) is 30.3 Å². The highest BCUT2D eigenvalue weighted by Crippen LogP contribution is 2.13. The van der Waals surface area contributed by atoms with Gasteiger partial charge in [0.05, 0.1) is 12.3 Å². The molecule has 2 N–H and O–H groups in total. The maximum absolute atomic E-state index is 12.1. The van der Waals surface area contributed by atoms with E-state index in [0.29, 0.717) is 31.0 Å². The highest BCUT2D eigenvalue weighted by molar-refractivity contribution is 7.99. The van der Waals surface area contributed by atoms with E-state index in [1.165, 1.54) is 16.8 Å². The van der Waals surface area contributed by atoms with Gasteiger partial charge in [-0.3, -0.25) is 14.4 Å². The van der Waals surface area contributed by atoms with Crippen LogP contribution in [0.5, 0.6) is 0 Å². The van der Waals surface area contributed by atoms with Gasteiger partial charge in [0.15, 0.2) is 0 Å². The number of hydrogen-bond donors (Lipinski definition) is 2. The van der Waals surface area contributed by atoms with Gasteiger partial charge in [-0.05, 0) is 5.56 Å². The number of benzene rings is 1. The first-order valence-electron chi connectivity index (χ1n) is 7.56. The van der Waals surface area contributed by atoms with Crippen LogP contribution in [0.4, 0.5) is 0 Å². The molecule has 8 heteroatoms. The number of aliphatic carboxylic acids is 1. The van der Waals surface area contributed by atoms with Gasteiger partial charge in [0.1, 0.15) is 5.71 Å². The number of carbonyl (C=O) groups is 3. The van der Waals surface area contributed by atoms with Gasteiger partial charge in [0.25, 0.3) is 5.91 Å². The van der Waals surface area contributed by atoms with Crippen LogP contribution in [-0.4, -0.2) is 51.7 Å². The third kappa shape index (κ3) is 5.69. The summed E-state index contributed by atoms with van der Waals surface area (Å²) in [6.45, 7) is 0.702. The monoisotopic (exact) mass is 349 g/mol. The number of hydrazone groups is 1. The smallest absolute Gasteiger partial charge is 0.313 e. The molecule has 0 spiro atoms. The Hall–Kier alpha value is -2.35. The Kier molecular flexibility index (Phi) is 6.80. The number of carboxylic acids is 1. The van der Waals surface area contributed by atoms with Crippen LogP contribution < -0.4 is 5.32 Å². The van der Waals surface area contributed by atoms with Crippen molar-refractivity contribution in [3.8, 4) is 0 Å². The van der Waals surface area contributed by atoms with Crippen LogP contribution in [0.25, 0.3) is 0 Å². The van der Waals surface area contributed by atoms with Crippen LogP contribution >= 0.6 is 11.8 Å². The summed E-state index contributed by atoms with van der Waals surface area (Å²) >= 11 is 1.23. The molecular weight excluding hydrogens is 330 g/mol. The Balaban J connectivity index is 1.87. The largest absolute Gasteiger partial charge is 0.481 e. The van der Waals surface area contributed by atoms with Crippen LogP contribution in [0, 0.1) is 0 Å². The van der Waals surface area contributed by atoms with Crippen molar-refractivity contribution in [2.24, 2.45) is 5.10 Å². The zero-order valence-corrected chi connectivity index (χ0v) is 13.9. The molecule has 0 unspecified atom stereocenters. The lowest BCUT2D eigenvalue weighted by molar-refractivity contribution is -0.134. The van der Waals surface area contributed by atoms with Gasteiger partial charge in [-0.25, -0.2) is 5.01 Å². The molecule has 2 amide bonds. The third-order valence-corrected chi connectivity index (χ3v) is 4.24. The lowest BCUT2D eigenvalue weighted by Crippen LogP contribution is -2.39. The van der Waals surface area contributed by atoms with Gasteiger partial charge >= 0.3 is 5.97 Å². The fourth-order valence-electron chi connectivity index (χ4n) is 2.14. The van der Waals surface area contributed by atoms with Crippen LogP contribution in [0.3, 0.4) is 0 Å². The van der Waals surface area contributed by atoms with Crippen LogP contribution in [-0.2, 0) is 20.9 Å². The molecule has 1 heterocycles. The highest BCUT2D eigenvalue weighted by Gasteiger charge is 2.24. The van der Waals surface area contributed by atoms with Crippen molar-refractivity contribution in [1.82, 2.24) is 10.3 Å². The summed E-state index contributed by atoms with van der Waals surface area (Å²) in [6.07, 6.45) is 0.574. The number of carboxylic acid groups (broad SMARTS) is 1.